The fourth-order valence-corrected chi connectivity index (χ4v) is 1.22. The lowest BCUT2D eigenvalue weighted by Crippen LogP contribution is -2.31. The van der Waals surface area contributed by atoms with Crippen LogP contribution in [0.2, 0.25) is 0 Å². The molecule has 16 heavy (non-hydrogen) atoms. The van der Waals surface area contributed by atoms with Crippen LogP contribution in [0.3, 0.4) is 0 Å². The van der Waals surface area contributed by atoms with E-state index in [0.717, 1.165) is 5.57 Å². The van der Waals surface area contributed by atoms with Crippen molar-refractivity contribution in [2.75, 3.05) is 19.7 Å². The summed E-state index contributed by atoms with van der Waals surface area (Å²) in [6, 6.07) is 0. The summed E-state index contributed by atoms with van der Waals surface area (Å²) in [5.41, 5.74) is 0.958. The molecule has 0 aliphatic carbocycles. The second-order valence-corrected chi connectivity index (χ2v) is 3.69. The maximum Gasteiger partial charge on any atom is 0.307 e. The lowest BCUT2D eigenvalue weighted by atomic mass is 10.3. The average molecular weight is 227 g/mol. The van der Waals surface area contributed by atoms with Crippen molar-refractivity contribution in [2.24, 2.45) is 0 Å². The van der Waals surface area contributed by atoms with Gasteiger partial charge in [0.05, 0.1) is 13.0 Å². The highest BCUT2D eigenvalue weighted by molar-refractivity contribution is 5.88. The van der Waals surface area contributed by atoms with E-state index in [0.29, 0.717) is 19.7 Å². The predicted molar refractivity (Wildman–Crippen MR) is 62.9 cm³/mol. The minimum atomic E-state index is -0.258. The molecule has 0 unspecified atom stereocenters. The van der Waals surface area contributed by atoms with E-state index >= 15 is 0 Å². The van der Waals surface area contributed by atoms with E-state index in [1.165, 1.54) is 0 Å². The Labute approximate surface area is 97.3 Å². The van der Waals surface area contributed by atoms with E-state index in [9.17, 15) is 9.59 Å². The van der Waals surface area contributed by atoms with Crippen molar-refractivity contribution in [1.82, 2.24) is 4.90 Å². The smallest absolute Gasteiger partial charge is 0.307 e. The molecule has 0 heterocycles. The maximum atomic E-state index is 11.7. The molecule has 4 heteroatoms. The Balaban J connectivity index is 4.15. The number of carbonyl (C=O) groups excluding carboxylic acids is 2. The molecular weight excluding hydrogens is 206 g/mol. The number of ether oxygens (including phenoxy) is 1. The van der Waals surface area contributed by atoms with Gasteiger partial charge in [-0.05, 0) is 27.7 Å². The minimum Gasteiger partial charge on any atom is -0.466 e. The number of hydrogen-bond donors (Lipinski definition) is 0. The quantitative estimate of drug-likeness (QED) is 0.513. The van der Waals surface area contributed by atoms with Gasteiger partial charge in [0.1, 0.15) is 0 Å². The van der Waals surface area contributed by atoms with Crippen LogP contribution < -0.4 is 0 Å². The molecule has 0 saturated heterocycles. The van der Waals surface area contributed by atoms with Gasteiger partial charge in [-0.2, -0.15) is 0 Å². The number of likely N-dealkylation sites (N-methyl/N-ethyl adjacent to an activating group) is 1. The lowest BCUT2D eigenvalue weighted by Gasteiger charge is -2.18. The Bertz CT molecular complexity index is 267. The highest BCUT2D eigenvalue weighted by Gasteiger charge is 2.11. The fraction of sp³-hybridized carbons (Fsp3) is 0.667. The first kappa shape index (κ1) is 14.7. The number of rotatable bonds is 6. The van der Waals surface area contributed by atoms with Crippen LogP contribution in [-0.2, 0) is 14.3 Å². The van der Waals surface area contributed by atoms with E-state index in [-0.39, 0.29) is 18.3 Å². The molecule has 0 fully saturated rings. The van der Waals surface area contributed by atoms with Gasteiger partial charge in [-0.3, -0.25) is 9.59 Å². The molecule has 4 nitrogen and oxygen atoms in total. The van der Waals surface area contributed by atoms with Gasteiger partial charge < -0.3 is 9.64 Å². The van der Waals surface area contributed by atoms with Crippen LogP contribution in [0.1, 0.15) is 34.1 Å². The number of nitrogens with zero attached hydrogens (tertiary/aromatic N) is 1. The Morgan fingerprint density at radius 3 is 2.31 bits per heavy atom. The summed E-state index contributed by atoms with van der Waals surface area (Å²) >= 11 is 0. The minimum absolute atomic E-state index is 0.0493. The average Bonchev–Trinajstić information content (AvgIpc) is 2.17. The van der Waals surface area contributed by atoms with E-state index in [4.69, 9.17) is 4.74 Å². The Hall–Kier alpha value is -1.32. The third-order valence-corrected chi connectivity index (χ3v) is 2.00. The Morgan fingerprint density at radius 2 is 1.88 bits per heavy atom. The van der Waals surface area contributed by atoms with E-state index in [1.807, 2.05) is 20.8 Å². The number of hydrogen-bond acceptors (Lipinski definition) is 3. The summed E-state index contributed by atoms with van der Waals surface area (Å²) in [6.45, 7) is 8.80. The van der Waals surface area contributed by atoms with Crippen LogP contribution in [-0.4, -0.2) is 36.5 Å². The van der Waals surface area contributed by atoms with Gasteiger partial charge in [0.25, 0.3) is 0 Å². The topological polar surface area (TPSA) is 46.6 Å². The molecule has 0 aromatic carbocycles. The van der Waals surface area contributed by atoms with Gasteiger partial charge in [0, 0.05) is 19.2 Å². The summed E-state index contributed by atoms with van der Waals surface area (Å²) in [6.07, 6.45) is 1.83. The molecule has 92 valence electrons. The van der Waals surface area contributed by atoms with E-state index in [1.54, 1.807) is 17.9 Å². The Morgan fingerprint density at radius 1 is 1.25 bits per heavy atom. The van der Waals surface area contributed by atoms with Gasteiger partial charge in [-0.1, -0.05) is 5.57 Å². The van der Waals surface area contributed by atoms with Crippen LogP contribution in [0, 0.1) is 0 Å². The summed E-state index contributed by atoms with van der Waals surface area (Å²) in [4.78, 5) is 24.4. The first-order valence-electron chi connectivity index (χ1n) is 5.60. The van der Waals surface area contributed by atoms with Crippen molar-refractivity contribution in [3.8, 4) is 0 Å². The lowest BCUT2D eigenvalue weighted by molar-refractivity contribution is -0.143. The maximum absolute atomic E-state index is 11.7. The SMILES string of the molecule is CCOC(=O)CCN(CC)C(=O)C=C(C)C. The number of esters is 1. The van der Waals surface area contributed by atoms with Crippen molar-refractivity contribution >= 4 is 11.9 Å². The van der Waals surface area contributed by atoms with Gasteiger partial charge >= 0.3 is 5.97 Å². The van der Waals surface area contributed by atoms with Crippen molar-refractivity contribution in [2.45, 2.75) is 34.1 Å². The molecule has 0 rings (SSSR count). The molecule has 0 aromatic heterocycles. The van der Waals surface area contributed by atoms with Crippen LogP contribution >= 0.6 is 0 Å². The first-order valence-corrected chi connectivity index (χ1v) is 5.60. The van der Waals surface area contributed by atoms with Crippen LogP contribution in [0.25, 0.3) is 0 Å². The van der Waals surface area contributed by atoms with Crippen molar-refractivity contribution in [3.63, 3.8) is 0 Å². The third kappa shape index (κ3) is 6.22. The van der Waals surface area contributed by atoms with Gasteiger partial charge in [-0.25, -0.2) is 0 Å². The molecule has 1 amide bonds. The number of allylic oxidation sites excluding steroid dienone is 1. The fourth-order valence-electron chi connectivity index (χ4n) is 1.22. The molecule has 0 radical (unpaired) electrons. The molecule has 0 aromatic rings. The summed E-state index contributed by atoms with van der Waals surface area (Å²) in [7, 11) is 0. The highest BCUT2D eigenvalue weighted by Crippen LogP contribution is 1.99. The molecule has 0 saturated carbocycles. The van der Waals surface area contributed by atoms with Crippen molar-refractivity contribution in [1.29, 1.82) is 0 Å². The molecule has 0 aliphatic rings. The molecule has 0 bridgehead atoms. The monoisotopic (exact) mass is 227 g/mol. The molecule has 0 atom stereocenters. The van der Waals surface area contributed by atoms with Gasteiger partial charge in [0.2, 0.25) is 5.91 Å². The molecule has 0 N–H and O–H groups in total. The van der Waals surface area contributed by atoms with Crippen molar-refractivity contribution in [3.05, 3.63) is 11.6 Å². The largest absolute Gasteiger partial charge is 0.466 e. The summed E-state index contributed by atoms with van der Waals surface area (Å²) < 4.78 is 4.81. The zero-order chi connectivity index (χ0) is 12.6. The normalized spacial score (nSPS) is 9.50. The summed E-state index contributed by atoms with van der Waals surface area (Å²) in [5, 5.41) is 0. The zero-order valence-corrected chi connectivity index (χ0v) is 10.6. The molecule has 0 spiro atoms. The van der Waals surface area contributed by atoms with E-state index < -0.39 is 0 Å². The van der Waals surface area contributed by atoms with Gasteiger partial charge in [0.15, 0.2) is 0 Å². The van der Waals surface area contributed by atoms with Gasteiger partial charge in [-0.15, -0.1) is 0 Å². The van der Waals surface area contributed by atoms with Crippen LogP contribution in [0.5, 0.6) is 0 Å². The van der Waals surface area contributed by atoms with Crippen LogP contribution in [0.4, 0.5) is 0 Å². The first-order chi connectivity index (χ1) is 7.51. The van der Waals surface area contributed by atoms with E-state index in [2.05, 4.69) is 0 Å². The van der Waals surface area contributed by atoms with Crippen LogP contribution in [0.15, 0.2) is 11.6 Å². The molecule has 0 aliphatic heterocycles. The highest BCUT2D eigenvalue weighted by atomic mass is 16.5. The Kier molecular flexibility index (Phi) is 7.25. The molecular formula is C12H21NO3. The third-order valence-electron chi connectivity index (χ3n) is 2.00. The second-order valence-electron chi connectivity index (χ2n) is 3.69. The number of carbonyl (C=O) groups is 2. The zero-order valence-electron chi connectivity index (χ0n) is 10.6. The van der Waals surface area contributed by atoms with Crippen molar-refractivity contribution < 1.29 is 14.3 Å². The number of amides is 1. The standard InChI is InChI=1S/C12H21NO3/c1-5-13(11(14)9-10(3)4)8-7-12(15)16-6-2/h9H,5-8H2,1-4H3. The predicted octanol–water partition coefficient (Wildman–Crippen LogP) is 1.75. The summed E-state index contributed by atoms with van der Waals surface area (Å²) in [5.74, 6) is -0.308. The second kappa shape index (κ2) is 7.91.